The zero-order valence-electron chi connectivity index (χ0n) is 11.9. The summed E-state index contributed by atoms with van der Waals surface area (Å²) in [6.07, 6.45) is 0. The predicted molar refractivity (Wildman–Crippen MR) is 83.9 cm³/mol. The van der Waals surface area contributed by atoms with E-state index in [1.54, 1.807) is 0 Å². The van der Waals surface area contributed by atoms with Crippen LogP contribution in [0.15, 0.2) is 42.5 Å². The van der Waals surface area contributed by atoms with E-state index < -0.39 is 0 Å². The van der Waals surface area contributed by atoms with Gasteiger partial charge in [0, 0.05) is 10.9 Å². The van der Waals surface area contributed by atoms with E-state index in [4.69, 9.17) is 6.57 Å². The van der Waals surface area contributed by atoms with Gasteiger partial charge >= 0.3 is 0 Å². The van der Waals surface area contributed by atoms with E-state index in [1.807, 2.05) is 63.2 Å². The highest BCUT2D eigenvalue weighted by Crippen LogP contribution is 2.31. The summed E-state index contributed by atoms with van der Waals surface area (Å²) in [5, 5.41) is 8.41. The van der Waals surface area contributed by atoms with E-state index in [-0.39, 0.29) is 0 Å². The first-order valence-electron chi connectivity index (χ1n) is 6.71. The molecule has 1 aromatic heterocycles. The second-order valence-electron chi connectivity index (χ2n) is 4.23. The Morgan fingerprint density at radius 1 is 1.10 bits per heavy atom. The number of nitrogens with zero attached hydrogens (tertiary/aromatic N) is 2. The van der Waals surface area contributed by atoms with Crippen molar-refractivity contribution in [3.05, 3.63) is 59.4 Å². The molecule has 0 aliphatic rings. The van der Waals surface area contributed by atoms with Crippen molar-refractivity contribution in [1.29, 1.82) is 0 Å². The predicted octanol–water partition coefficient (Wildman–Crippen LogP) is 5.12. The fraction of sp³-hybridized carbons (Fsp3) is 0.176. The highest BCUT2D eigenvalue weighted by Gasteiger charge is 2.09. The van der Waals surface area contributed by atoms with Gasteiger partial charge in [-0.1, -0.05) is 50.2 Å². The molecule has 0 atom stereocenters. The van der Waals surface area contributed by atoms with Crippen molar-refractivity contribution in [3.8, 4) is 11.3 Å². The Kier molecular flexibility index (Phi) is 4.17. The van der Waals surface area contributed by atoms with Crippen molar-refractivity contribution in [1.82, 2.24) is 10.2 Å². The highest BCUT2D eigenvalue weighted by atomic mass is 15.1. The minimum absolute atomic E-state index is 0.672. The maximum absolute atomic E-state index is 7.12. The van der Waals surface area contributed by atoms with Gasteiger partial charge in [0.15, 0.2) is 5.69 Å². The number of aromatic amines is 1. The quantitative estimate of drug-likeness (QED) is 0.608. The van der Waals surface area contributed by atoms with Gasteiger partial charge in [-0.25, -0.2) is 4.85 Å². The van der Waals surface area contributed by atoms with Crippen molar-refractivity contribution in [2.75, 3.05) is 0 Å². The molecule has 1 heterocycles. The van der Waals surface area contributed by atoms with Crippen LogP contribution in [0, 0.1) is 13.5 Å². The fourth-order valence-corrected chi connectivity index (χ4v) is 2.10. The van der Waals surface area contributed by atoms with Crippen LogP contribution in [-0.4, -0.2) is 10.2 Å². The maximum Gasteiger partial charge on any atom is 0.192 e. The third-order valence-electron chi connectivity index (χ3n) is 3.05. The van der Waals surface area contributed by atoms with Gasteiger partial charge in [-0.3, -0.25) is 5.10 Å². The fourth-order valence-electron chi connectivity index (χ4n) is 2.10. The molecule has 3 heteroatoms. The summed E-state index contributed by atoms with van der Waals surface area (Å²) in [5.41, 5.74) is 4.58. The van der Waals surface area contributed by atoms with Crippen LogP contribution in [0.3, 0.4) is 0 Å². The third-order valence-corrected chi connectivity index (χ3v) is 3.05. The van der Waals surface area contributed by atoms with E-state index >= 15 is 0 Å². The Morgan fingerprint density at radius 2 is 1.80 bits per heavy atom. The average Bonchev–Trinajstić information content (AvgIpc) is 2.92. The molecule has 100 valence electrons. The largest absolute Gasteiger partial charge is 0.278 e. The number of hydrogen-bond donors (Lipinski definition) is 1. The number of aromatic nitrogens is 2. The monoisotopic (exact) mass is 263 g/mol. The molecule has 20 heavy (non-hydrogen) atoms. The van der Waals surface area contributed by atoms with Gasteiger partial charge in [0.25, 0.3) is 0 Å². The van der Waals surface area contributed by atoms with E-state index in [9.17, 15) is 0 Å². The lowest BCUT2D eigenvalue weighted by molar-refractivity contribution is 1.12. The molecule has 0 aliphatic heterocycles. The third kappa shape index (κ3) is 2.41. The molecular formula is C17H17N3. The standard InChI is InChI=1S/C15H11N3.C2H6/c1-10-8-12-14(9-13(10)16-2)17-18-15(12)11-6-4-3-5-7-11;1-2/h3-9H,1H3,(H,17,18);1-2H3. The number of nitrogens with one attached hydrogen (secondary N) is 1. The SMILES string of the molecule is CC.[C-]#[N+]c1cc2[nH]nc(-c3ccccc3)c2cc1C. The zero-order chi connectivity index (χ0) is 14.5. The van der Waals surface area contributed by atoms with Crippen LogP contribution in [0.25, 0.3) is 27.0 Å². The summed E-state index contributed by atoms with van der Waals surface area (Å²) in [6, 6.07) is 13.9. The van der Waals surface area contributed by atoms with Gasteiger partial charge < -0.3 is 0 Å². The molecule has 0 saturated carbocycles. The Labute approximate surface area is 119 Å². The number of benzene rings is 2. The molecule has 3 aromatic rings. The van der Waals surface area contributed by atoms with Crippen LogP contribution in [0.1, 0.15) is 19.4 Å². The van der Waals surface area contributed by atoms with Crippen molar-refractivity contribution < 1.29 is 0 Å². The lowest BCUT2D eigenvalue weighted by Gasteiger charge is -2.00. The van der Waals surface area contributed by atoms with Crippen molar-refractivity contribution in [2.45, 2.75) is 20.8 Å². The van der Waals surface area contributed by atoms with Crippen LogP contribution in [0.2, 0.25) is 0 Å². The van der Waals surface area contributed by atoms with E-state index in [2.05, 4.69) is 15.0 Å². The zero-order valence-corrected chi connectivity index (χ0v) is 11.9. The summed E-state index contributed by atoms with van der Waals surface area (Å²) in [4.78, 5) is 3.50. The summed E-state index contributed by atoms with van der Waals surface area (Å²) in [6.45, 7) is 13.1. The van der Waals surface area contributed by atoms with E-state index in [0.717, 1.165) is 27.7 Å². The van der Waals surface area contributed by atoms with Gasteiger partial charge in [-0.05, 0) is 18.6 Å². The minimum atomic E-state index is 0.672. The van der Waals surface area contributed by atoms with Crippen molar-refractivity contribution >= 4 is 16.6 Å². The molecule has 0 spiro atoms. The van der Waals surface area contributed by atoms with Crippen LogP contribution in [0.5, 0.6) is 0 Å². The topological polar surface area (TPSA) is 33.0 Å². The van der Waals surface area contributed by atoms with Gasteiger partial charge in [-0.15, -0.1) is 0 Å². The van der Waals surface area contributed by atoms with Gasteiger partial charge in [0.1, 0.15) is 0 Å². The minimum Gasteiger partial charge on any atom is -0.278 e. The smallest absolute Gasteiger partial charge is 0.192 e. The Bertz CT molecular complexity index is 749. The first kappa shape index (κ1) is 13.8. The Balaban J connectivity index is 0.000000704. The first-order chi connectivity index (χ1) is 9.79. The molecule has 0 fully saturated rings. The molecular weight excluding hydrogens is 246 g/mol. The number of hydrogen-bond acceptors (Lipinski definition) is 1. The normalized spacial score (nSPS) is 9.70. The molecule has 3 rings (SSSR count). The number of fused-ring (bicyclic) bond motifs is 1. The Hall–Kier alpha value is -2.60. The van der Waals surface area contributed by atoms with Crippen molar-refractivity contribution in [2.24, 2.45) is 0 Å². The molecule has 0 amide bonds. The van der Waals surface area contributed by atoms with Crippen LogP contribution < -0.4 is 0 Å². The molecule has 1 N–H and O–H groups in total. The summed E-state index contributed by atoms with van der Waals surface area (Å²) >= 11 is 0. The number of H-pyrrole nitrogens is 1. The lowest BCUT2D eigenvalue weighted by Crippen LogP contribution is -1.78. The molecule has 2 aromatic carbocycles. The van der Waals surface area contributed by atoms with Crippen LogP contribution in [-0.2, 0) is 0 Å². The molecule has 0 aliphatic carbocycles. The number of rotatable bonds is 1. The van der Waals surface area contributed by atoms with Crippen LogP contribution >= 0.6 is 0 Å². The Morgan fingerprint density at radius 3 is 2.45 bits per heavy atom. The van der Waals surface area contributed by atoms with E-state index in [1.165, 1.54) is 0 Å². The van der Waals surface area contributed by atoms with Gasteiger partial charge in [-0.2, -0.15) is 5.10 Å². The maximum atomic E-state index is 7.12. The first-order valence-corrected chi connectivity index (χ1v) is 6.71. The average molecular weight is 263 g/mol. The van der Waals surface area contributed by atoms with E-state index in [0.29, 0.717) is 5.69 Å². The molecule has 3 nitrogen and oxygen atoms in total. The molecule has 0 bridgehead atoms. The summed E-state index contributed by atoms with van der Waals surface area (Å²) in [5.74, 6) is 0. The summed E-state index contributed by atoms with van der Waals surface area (Å²) in [7, 11) is 0. The molecule has 0 unspecified atom stereocenters. The lowest BCUT2D eigenvalue weighted by atomic mass is 10.1. The molecule has 0 radical (unpaired) electrons. The van der Waals surface area contributed by atoms with Crippen molar-refractivity contribution in [3.63, 3.8) is 0 Å². The number of aryl methyl sites for hydroxylation is 1. The molecule has 0 saturated heterocycles. The van der Waals surface area contributed by atoms with Gasteiger partial charge in [0.05, 0.1) is 17.8 Å². The summed E-state index contributed by atoms with van der Waals surface area (Å²) < 4.78 is 0. The second kappa shape index (κ2) is 6.03. The van der Waals surface area contributed by atoms with Gasteiger partial charge in [0.2, 0.25) is 0 Å². The van der Waals surface area contributed by atoms with Crippen LogP contribution in [0.4, 0.5) is 5.69 Å². The highest BCUT2D eigenvalue weighted by molar-refractivity contribution is 5.95. The second-order valence-corrected chi connectivity index (χ2v) is 4.23.